The van der Waals surface area contributed by atoms with Crippen LogP contribution in [0.1, 0.15) is 31.8 Å². The number of benzene rings is 1. The summed E-state index contributed by atoms with van der Waals surface area (Å²) in [6, 6.07) is 2.53. The molecule has 0 radical (unpaired) electrons. The molecule has 0 bridgehead atoms. The number of hydrogen-bond acceptors (Lipinski definition) is 2. The maximum absolute atomic E-state index is 11.5. The number of hydrogen-bond donors (Lipinski definition) is 2. The highest BCUT2D eigenvalue weighted by atomic mass is 16.4. The van der Waals surface area contributed by atoms with Crippen molar-refractivity contribution in [1.29, 1.82) is 0 Å². The topological polar surface area (TPSA) is 66.4 Å². The zero-order chi connectivity index (χ0) is 13.0. The van der Waals surface area contributed by atoms with Crippen molar-refractivity contribution < 1.29 is 14.7 Å². The highest BCUT2D eigenvalue weighted by molar-refractivity contribution is 6.05. The largest absolute Gasteiger partial charge is 0.478 e. The molecule has 0 atom stereocenters. The van der Waals surface area contributed by atoms with E-state index in [1.54, 1.807) is 0 Å². The molecule has 0 spiro atoms. The third kappa shape index (κ3) is 2.27. The molecule has 1 amide bonds. The van der Waals surface area contributed by atoms with Gasteiger partial charge in [0.2, 0.25) is 0 Å². The maximum atomic E-state index is 11.5. The lowest BCUT2D eigenvalue weighted by atomic mass is 9.98. The molecule has 0 aliphatic rings. The quantitative estimate of drug-likeness (QED) is 0.731. The molecular formula is C13H9NO3. The van der Waals surface area contributed by atoms with Gasteiger partial charge in [0, 0.05) is 18.2 Å². The molecular weight excluding hydrogens is 218 g/mol. The molecule has 4 nitrogen and oxygen atoms in total. The molecule has 0 aromatic heterocycles. The van der Waals surface area contributed by atoms with Gasteiger partial charge in [-0.2, -0.15) is 0 Å². The first-order valence-corrected chi connectivity index (χ1v) is 4.61. The molecule has 0 fully saturated rings. The van der Waals surface area contributed by atoms with Crippen LogP contribution in [0.2, 0.25) is 0 Å². The van der Waals surface area contributed by atoms with Crippen LogP contribution in [0.4, 0.5) is 0 Å². The summed E-state index contributed by atoms with van der Waals surface area (Å²) in [6.07, 6.45) is 10.5. The van der Waals surface area contributed by atoms with Gasteiger partial charge in [-0.05, 0) is 12.1 Å². The van der Waals surface area contributed by atoms with E-state index in [0.29, 0.717) is 5.56 Å². The highest BCUT2D eigenvalue weighted by Gasteiger charge is 2.18. The lowest BCUT2D eigenvalue weighted by molar-refractivity contribution is 0.0691. The third-order valence-corrected chi connectivity index (χ3v) is 2.17. The smallest absolute Gasteiger partial charge is 0.336 e. The Morgan fingerprint density at radius 1 is 1.18 bits per heavy atom. The molecule has 4 heteroatoms. The fraction of sp³-hybridized carbons (Fsp3) is 0.0769. The molecule has 0 aliphatic carbocycles. The summed E-state index contributed by atoms with van der Waals surface area (Å²) in [6.45, 7) is 0. The van der Waals surface area contributed by atoms with Crippen LogP contribution in [0.15, 0.2) is 12.1 Å². The first-order valence-electron chi connectivity index (χ1n) is 4.61. The maximum Gasteiger partial charge on any atom is 0.336 e. The Morgan fingerprint density at radius 3 is 2.00 bits per heavy atom. The van der Waals surface area contributed by atoms with E-state index in [1.807, 2.05) is 0 Å². The molecule has 84 valence electrons. The molecule has 1 aromatic carbocycles. The van der Waals surface area contributed by atoms with Crippen molar-refractivity contribution in [2.75, 3.05) is 7.05 Å². The van der Waals surface area contributed by atoms with Crippen molar-refractivity contribution >= 4 is 11.9 Å². The Hall–Kier alpha value is -2.72. The second-order valence-corrected chi connectivity index (χ2v) is 3.12. The van der Waals surface area contributed by atoms with Crippen LogP contribution in [0.3, 0.4) is 0 Å². The lowest BCUT2D eigenvalue weighted by Crippen LogP contribution is -2.21. The monoisotopic (exact) mass is 227 g/mol. The van der Waals surface area contributed by atoms with Crippen molar-refractivity contribution in [3.8, 4) is 24.7 Å². The van der Waals surface area contributed by atoms with E-state index >= 15 is 0 Å². The number of carbonyl (C=O) groups excluding carboxylic acids is 1. The number of rotatable bonds is 2. The second-order valence-electron chi connectivity index (χ2n) is 3.12. The Bertz CT molecular complexity index is 574. The van der Waals surface area contributed by atoms with Crippen molar-refractivity contribution in [2.45, 2.75) is 0 Å². The van der Waals surface area contributed by atoms with E-state index in [0.717, 1.165) is 0 Å². The van der Waals surface area contributed by atoms with E-state index in [9.17, 15) is 9.59 Å². The fourth-order valence-corrected chi connectivity index (χ4v) is 1.34. The molecule has 0 saturated heterocycles. The van der Waals surface area contributed by atoms with Crippen molar-refractivity contribution in [2.24, 2.45) is 0 Å². The molecule has 0 aliphatic heterocycles. The normalized spacial score (nSPS) is 8.88. The summed E-state index contributed by atoms with van der Waals surface area (Å²) in [5.41, 5.74) is 0.414. The van der Waals surface area contributed by atoms with Crippen molar-refractivity contribution in [3.63, 3.8) is 0 Å². The van der Waals surface area contributed by atoms with Crippen LogP contribution in [-0.2, 0) is 0 Å². The third-order valence-electron chi connectivity index (χ3n) is 2.17. The van der Waals surface area contributed by atoms with Gasteiger partial charge in [-0.3, -0.25) is 4.79 Å². The number of carboxylic acids is 1. The molecule has 1 aromatic rings. The van der Waals surface area contributed by atoms with Gasteiger partial charge in [-0.15, -0.1) is 12.8 Å². The second kappa shape index (κ2) is 4.87. The van der Waals surface area contributed by atoms with Crippen LogP contribution in [0.5, 0.6) is 0 Å². The predicted molar refractivity (Wildman–Crippen MR) is 62.7 cm³/mol. The summed E-state index contributed by atoms with van der Waals surface area (Å²) in [5.74, 6) is 2.85. The predicted octanol–water partition coefficient (Wildman–Crippen LogP) is 0.707. The van der Waals surface area contributed by atoms with Gasteiger partial charge in [0.1, 0.15) is 0 Å². The first-order chi connectivity index (χ1) is 8.04. The van der Waals surface area contributed by atoms with Crippen LogP contribution < -0.4 is 5.32 Å². The summed E-state index contributed by atoms with van der Waals surface area (Å²) in [5, 5.41) is 11.3. The Labute approximate surface area is 98.7 Å². The molecule has 17 heavy (non-hydrogen) atoms. The molecule has 0 heterocycles. The Morgan fingerprint density at radius 2 is 1.65 bits per heavy atom. The number of amides is 1. The van der Waals surface area contributed by atoms with Gasteiger partial charge >= 0.3 is 5.97 Å². The van der Waals surface area contributed by atoms with Crippen LogP contribution in [0, 0.1) is 24.7 Å². The standard InChI is InChI=1S/C13H9NO3/c1-4-8-6-10(12(15)14-3)11(13(16)17)7-9(8)5-2/h1-2,6-7H,3H3,(H,14,15)(H,16,17). The summed E-state index contributed by atoms with van der Waals surface area (Å²) in [7, 11) is 1.40. The first kappa shape index (κ1) is 12.4. The number of nitrogens with one attached hydrogen (secondary N) is 1. The summed E-state index contributed by atoms with van der Waals surface area (Å²) in [4.78, 5) is 22.5. The van der Waals surface area contributed by atoms with Crippen molar-refractivity contribution in [3.05, 3.63) is 34.4 Å². The molecule has 2 N–H and O–H groups in total. The average Bonchev–Trinajstić information content (AvgIpc) is 2.35. The van der Waals surface area contributed by atoms with Crippen LogP contribution in [0.25, 0.3) is 0 Å². The van der Waals surface area contributed by atoms with Gasteiger partial charge in [-0.1, -0.05) is 11.8 Å². The van der Waals surface area contributed by atoms with Gasteiger partial charge in [0.15, 0.2) is 0 Å². The number of aromatic carboxylic acids is 1. The zero-order valence-corrected chi connectivity index (χ0v) is 9.07. The number of carbonyl (C=O) groups is 2. The van der Waals surface area contributed by atoms with E-state index in [-0.39, 0.29) is 16.7 Å². The number of terminal acetylenes is 2. The van der Waals surface area contributed by atoms with E-state index in [1.165, 1.54) is 19.2 Å². The minimum Gasteiger partial charge on any atom is -0.478 e. The SMILES string of the molecule is C#Cc1cc(C(=O)O)c(C(=O)NC)cc1C#C. The van der Waals surface area contributed by atoms with Gasteiger partial charge in [0.05, 0.1) is 11.1 Å². The summed E-state index contributed by atoms with van der Waals surface area (Å²) < 4.78 is 0. The summed E-state index contributed by atoms with van der Waals surface area (Å²) >= 11 is 0. The highest BCUT2D eigenvalue weighted by Crippen LogP contribution is 2.16. The zero-order valence-electron chi connectivity index (χ0n) is 9.07. The van der Waals surface area contributed by atoms with Gasteiger partial charge in [0.25, 0.3) is 5.91 Å². The Kier molecular flexibility index (Phi) is 3.54. The minimum absolute atomic E-state index is 0.00745. The molecule has 0 unspecified atom stereocenters. The Balaban J connectivity index is 3.60. The van der Waals surface area contributed by atoms with E-state index < -0.39 is 11.9 Å². The van der Waals surface area contributed by atoms with Crippen LogP contribution >= 0.6 is 0 Å². The fourth-order valence-electron chi connectivity index (χ4n) is 1.34. The lowest BCUT2D eigenvalue weighted by Gasteiger charge is -2.07. The van der Waals surface area contributed by atoms with E-state index in [2.05, 4.69) is 17.2 Å². The van der Waals surface area contributed by atoms with Crippen molar-refractivity contribution in [1.82, 2.24) is 5.32 Å². The average molecular weight is 227 g/mol. The van der Waals surface area contributed by atoms with Crippen LogP contribution in [-0.4, -0.2) is 24.0 Å². The van der Waals surface area contributed by atoms with Gasteiger partial charge < -0.3 is 10.4 Å². The molecule has 0 saturated carbocycles. The molecule has 1 rings (SSSR count). The minimum atomic E-state index is -1.23. The van der Waals surface area contributed by atoms with Gasteiger partial charge in [-0.25, -0.2) is 4.79 Å². The number of carboxylic acid groups (broad SMARTS) is 1. The van der Waals surface area contributed by atoms with E-state index in [4.69, 9.17) is 18.0 Å².